The molecule has 0 unspecified atom stereocenters. The Hall–Kier alpha value is -2.15. The van der Waals surface area contributed by atoms with Gasteiger partial charge < -0.3 is 5.73 Å². The van der Waals surface area contributed by atoms with Gasteiger partial charge in [-0.2, -0.15) is 5.10 Å². The van der Waals surface area contributed by atoms with Gasteiger partial charge in [0.2, 0.25) is 0 Å². The first-order chi connectivity index (χ1) is 9.49. The highest BCUT2D eigenvalue weighted by Gasteiger charge is 2.36. The fourth-order valence-electron chi connectivity index (χ4n) is 2.19. The molecule has 0 atom stereocenters. The average Bonchev–Trinajstić information content (AvgIpc) is 2.85. The van der Waals surface area contributed by atoms with Gasteiger partial charge in [0.1, 0.15) is 5.82 Å². The van der Waals surface area contributed by atoms with Crippen molar-refractivity contribution in [2.45, 2.75) is 6.54 Å². The van der Waals surface area contributed by atoms with E-state index in [2.05, 4.69) is 21.0 Å². The maximum atomic E-state index is 12.3. The van der Waals surface area contributed by atoms with E-state index < -0.39 is 0 Å². The second-order valence-corrected chi connectivity index (χ2v) is 5.48. The maximum Gasteiger partial charge on any atom is 0.261 e. The highest BCUT2D eigenvalue weighted by atomic mass is 79.9. The molecule has 1 aromatic heterocycles. The maximum absolute atomic E-state index is 12.3. The molecular formula is C13H11BrN4O2. The first kappa shape index (κ1) is 12.9. The number of fused-ring (bicyclic) bond motifs is 1. The largest absolute Gasteiger partial charge is 0.384 e. The number of nitrogen functional groups attached to an aromatic ring is 1. The molecule has 2 N–H and O–H groups in total. The second kappa shape index (κ2) is 4.45. The van der Waals surface area contributed by atoms with Crippen molar-refractivity contribution in [1.29, 1.82) is 0 Å². The van der Waals surface area contributed by atoms with Gasteiger partial charge in [0.25, 0.3) is 11.8 Å². The number of halogens is 1. The molecule has 0 radical (unpaired) electrons. The molecule has 1 aliphatic rings. The lowest BCUT2D eigenvalue weighted by Gasteiger charge is -2.12. The van der Waals surface area contributed by atoms with Crippen molar-refractivity contribution < 1.29 is 9.59 Å². The average molecular weight is 335 g/mol. The predicted molar refractivity (Wildman–Crippen MR) is 76.0 cm³/mol. The Morgan fingerprint density at radius 3 is 2.60 bits per heavy atom. The number of aromatic nitrogens is 2. The smallest absolute Gasteiger partial charge is 0.261 e. The van der Waals surface area contributed by atoms with Gasteiger partial charge in [-0.15, -0.1) is 0 Å². The molecule has 0 aliphatic carbocycles. The van der Waals surface area contributed by atoms with Crippen LogP contribution in [0.4, 0.5) is 5.82 Å². The van der Waals surface area contributed by atoms with E-state index in [-0.39, 0.29) is 18.4 Å². The number of aryl methyl sites for hydroxylation is 1. The van der Waals surface area contributed by atoms with E-state index in [9.17, 15) is 9.59 Å². The number of nitrogens with zero attached hydrogens (tertiary/aromatic N) is 3. The standard InChI is InChI=1S/C13H11BrN4O2/c1-17-11(15)7(5-16-17)6-18-12(19)9-3-2-8(14)4-10(9)13(18)20/h2-5H,6,15H2,1H3. The van der Waals surface area contributed by atoms with Crippen LogP contribution in [0.5, 0.6) is 0 Å². The molecule has 2 amide bonds. The van der Waals surface area contributed by atoms with Gasteiger partial charge in [0.15, 0.2) is 0 Å². The number of carbonyl (C=O) groups excluding carboxylic acids is 2. The monoisotopic (exact) mass is 334 g/mol. The molecule has 20 heavy (non-hydrogen) atoms. The van der Waals surface area contributed by atoms with Gasteiger partial charge >= 0.3 is 0 Å². The Morgan fingerprint density at radius 1 is 1.25 bits per heavy atom. The Labute approximate surface area is 123 Å². The van der Waals surface area contributed by atoms with Crippen LogP contribution >= 0.6 is 15.9 Å². The first-order valence-electron chi connectivity index (χ1n) is 5.91. The van der Waals surface area contributed by atoms with Gasteiger partial charge in [0, 0.05) is 17.1 Å². The number of nitrogens with two attached hydrogens (primary N) is 1. The third-order valence-electron chi connectivity index (χ3n) is 3.33. The van der Waals surface area contributed by atoms with Crippen molar-refractivity contribution in [2.75, 3.05) is 5.73 Å². The van der Waals surface area contributed by atoms with Gasteiger partial charge in [-0.1, -0.05) is 15.9 Å². The molecule has 7 heteroatoms. The summed E-state index contributed by atoms with van der Waals surface area (Å²) in [6.45, 7) is 0.129. The molecule has 3 rings (SSSR count). The van der Waals surface area contributed by atoms with Crippen LogP contribution in [0.2, 0.25) is 0 Å². The number of amides is 2. The number of carbonyl (C=O) groups is 2. The first-order valence-corrected chi connectivity index (χ1v) is 6.70. The zero-order valence-corrected chi connectivity index (χ0v) is 12.2. The van der Waals surface area contributed by atoms with Crippen LogP contribution in [0, 0.1) is 0 Å². The van der Waals surface area contributed by atoms with Gasteiger partial charge in [-0.05, 0) is 18.2 Å². The van der Waals surface area contributed by atoms with Crippen LogP contribution < -0.4 is 5.73 Å². The number of imide groups is 1. The lowest BCUT2D eigenvalue weighted by molar-refractivity contribution is 0.0642. The minimum absolute atomic E-state index is 0.129. The summed E-state index contributed by atoms with van der Waals surface area (Å²) in [4.78, 5) is 25.7. The fraction of sp³-hybridized carbons (Fsp3) is 0.154. The normalized spacial score (nSPS) is 14.0. The fourth-order valence-corrected chi connectivity index (χ4v) is 2.55. The van der Waals surface area contributed by atoms with Crippen molar-refractivity contribution in [2.24, 2.45) is 7.05 Å². The third-order valence-corrected chi connectivity index (χ3v) is 3.82. The van der Waals surface area contributed by atoms with Crippen LogP contribution in [0.15, 0.2) is 28.9 Å². The molecule has 2 aromatic rings. The summed E-state index contributed by atoms with van der Waals surface area (Å²) in [7, 11) is 1.71. The van der Waals surface area contributed by atoms with E-state index in [1.807, 2.05) is 0 Å². The summed E-state index contributed by atoms with van der Waals surface area (Å²) in [6, 6.07) is 5.04. The van der Waals surface area contributed by atoms with E-state index in [1.54, 1.807) is 31.4 Å². The molecule has 0 saturated carbocycles. The Bertz CT molecular complexity index is 738. The van der Waals surface area contributed by atoms with Crippen LogP contribution in [-0.4, -0.2) is 26.5 Å². The minimum atomic E-state index is -0.311. The van der Waals surface area contributed by atoms with Crippen molar-refractivity contribution in [1.82, 2.24) is 14.7 Å². The molecule has 0 spiro atoms. The molecule has 0 saturated heterocycles. The predicted octanol–water partition coefficient (Wildman–Crippen LogP) is 1.56. The van der Waals surface area contributed by atoms with Crippen LogP contribution in [0.1, 0.15) is 26.3 Å². The molecule has 1 aromatic carbocycles. The Morgan fingerprint density at radius 2 is 1.95 bits per heavy atom. The summed E-state index contributed by atoms with van der Waals surface area (Å²) in [5, 5.41) is 4.01. The molecule has 6 nitrogen and oxygen atoms in total. The van der Waals surface area contributed by atoms with Crippen LogP contribution in [0.3, 0.4) is 0 Å². The molecular weight excluding hydrogens is 324 g/mol. The number of hydrogen-bond donors (Lipinski definition) is 1. The van der Waals surface area contributed by atoms with Crippen molar-refractivity contribution in [3.63, 3.8) is 0 Å². The summed E-state index contributed by atoms with van der Waals surface area (Å²) >= 11 is 3.30. The minimum Gasteiger partial charge on any atom is -0.384 e. The highest BCUT2D eigenvalue weighted by Crippen LogP contribution is 2.28. The zero-order valence-electron chi connectivity index (χ0n) is 10.6. The number of hydrogen-bond acceptors (Lipinski definition) is 4. The quantitative estimate of drug-likeness (QED) is 0.845. The summed E-state index contributed by atoms with van der Waals surface area (Å²) in [5.74, 6) is -0.168. The molecule has 0 bridgehead atoms. The van der Waals surface area contributed by atoms with E-state index >= 15 is 0 Å². The topological polar surface area (TPSA) is 81.2 Å². The molecule has 1 aliphatic heterocycles. The summed E-state index contributed by atoms with van der Waals surface area (Å²) in [5.41, 5.74) is 7.32. The van der Waals surface area contributed by atoms with E-state index in [4.69, 9.17) is 5.73 Å². The number of rotatable bonds is 2. The zero-order chi connectivity index (χ0) is 14.4. The van der Waals surface area contributed by atoms with Crippen molar-refractivity contribution in [3.05, 3.63) is 45.6 Å². The Kier molecular flexibility index (Phi) is 2.86. The number of anilines is 1. The molecule has 102 valence electrons. The van der Waals surface area contributed by atoms with Crippen LogP contribution in [-0.2, 0) is 13.6 Å². The molecule has 2 heterocycles. The van der Waals surface area contributed by atoms with Crippen molar-refractivity contribution in [3.8, 4) is 0 Å². The van der Waals surface area contributed by atoms with Crippen molar-refractivity contribution >= 4 is 33.6 Å². The van der Waals surface area contributed by atoms with Gasteiger partial charge in [0.05, 0.1) is 23.9 Å². The second-order valence-electron chi connectivity index (χ2n) is 4.57. The SMILES string of the molecule is Cn1ncc(CN2C(=O)c3ccc(Br)cc3C2=O)c1N. The lowest BCUT2D eigenvalue weighted by atomic mass is 10.1. The highest BCUT2D eigenvalue weighted by molar-refractivity contribution is 9.10. The lowest BCUT2D eigenvalue weighted by Crippen LogP contribution is -2.29. The Balaban J connectivity index is 1.96. The summed E-state index contributed by atoms with van der Waals surface area (Å²) < 4.78 is 2.27. The third kappa shape index (κ3) is 1.82. The number of benzene rings is 1. The van der Waals surface area contributed by atoms with E-state index in [0.717, 1.165) is 4.47 Å². The molecule has 0 fully saturated rings. The van der Waals surface area contributed by atoms with Gasteiger partial charge in [-0.25, -0.2) is 0 Å². The van der Waals surface area contributed by atoms with Crippen LogP contribution in [0.25, 0.3) is 0 Å². The summed E-state index contributed by atoms with van der Waals surface area (Å²) in [6.07, 6.45) is 1.56. The van der Waals surface area contributed by atoms with E-state index in [0.29, 0.717) is 22.5 Å². The van der Waals surface area contributed by atoms with E-state index in [1.165, 1.54) is 9.58 Å². The van der Waals surface area contributed by atoms with Gasteiger partial charge in [-0.3, -0.25) is 19.2 Å².